The number of benzene rings is 1. The van der Waals surface area contributed by atoms with Gasteiger partial charge in [0.25, 0.3) is 0 Å². The Bertz CT molecular complexity index is 757. The summed E-state index contributed by atoms with van der Waals surface area (Å²) >= 11 is 0. The van der Waals surface area contributed by atoms with Crippen molar-refractivity contribution in [2.24, 2.45) is 4.99 Å². The highest BCUT2D eigenvalue weighted by Crippen LogP contribution is 2.24. The molecule has 0 bridgehead atoms. The minimum absolute atomic E-state index is 0. The Morgan fingerprint density at radius 2 is 2.06 bits per heavy atom. The predicted molar refractivity (Wildman–Crippen MR) is 143 cm³/mol. The van der Waals surface area contributed by atoms with Crippen LogP contribution >= 0.6 is 24.0 Å². The molecule has 1 aromatic rings. The second kappa shape index (κ2) is 14.5. The number of hydrogen-bond donors (Lipinski definition) is 2. The Balaban J connectivity index is 0.00000385. The molecule has 2 saturated heterocycles. The minimum Gasteiger partial charge on any atom is -0.497 e. The van der Waals surface area contributed by atoms with Crippen molar-refractivity contribution >= 4 is 41.5 Å². The summed E-state index contributed by atoms with van der Waals surface area (Å²) in [6.07, 6.45) is 2.15. The zero-order valence-corrected chi connectivity index (χ0v) is 22.4. The molecule has 3 rings (SSSR count). The maximum absolute atomic E-state index is 12.1. The largest absolute Gasteiger partial charge is 0.497 e. The van der Waals surface area contributed by atoms with Gasteiger partial charge in [0.2, 0.25) is 5.91 Å². The van der Waals surface area contributed by atoms with Crippen LogP contribution in [0.3, 0.4) is 0 Å². The Morgan fingerprint density at radius 1 is 1.27 bits per heavy atom. The molecule has 2 fully saturated rings. The Labute approximate surface area is 214 Å². The fourth-order valence-electron chi connectivity index (χ4n) is 3.93. The lowest BCUT2D eigenvalue weighted by molar-refractivity contribution is -0.127. The number of halogens is 1. The number of amides is 1. The van der Waals surface area contributed by atoms with Gasteiger partial charge in [0.1, 0.15) is 12.3 Å². The molecule has 10 heteroatoms. The molecule has 2 aliphatic rings. The lowest BCUT2D eigenvalue weighted by Crippen LogP contribution is -2.52. The third-order valence-electron chi connectivity index (χ3n) is 5.88. The van der Waals surface area contributed by atoms with E-state index < -0.39 is 0 Å². The highest BCUT2D eigenvalue weighted by molar-refractivity contribution is 14.0. The fourth-order valence-corrected chi connectivity index (χ4v) is 3.93. The van der Waals surface area contributed by atoms with Gasteiger partial charge in [0, 0.05) is 71.2 Å². The van der Waals surface area contributed by atoms with Crippen LogP contribution in [0.25, 0.3) is 0 Å². The zero-order valence-electron chi connectivity index (χ0n) is 20.1. The molecule has 0 spiro atoms. The van der Waals surface area contributed by atoms with Crippen LogP contribution in [0, 0.1) is 0 Å². The molecule has 0 aromatic heterocycles. The number of ether oxygens (including phenoxy) is 2. The molecule has 0 saturated carbocycles. The summed E-state index contributed by atoms with van der Waals surface area (Å²) in [5.74, 6) is 1.55. The molecule has 0 aliphatic carbocycles. The van der Waals surface area contributed by atoms with Gasteiger partial charge in [-0.15, -0.1) is 24.0 Å². The topological polar surface area (TPSA) is 81.7 Å². The molecule has 1 aromatic carbocycles. The smallest absolute Gasteiger partial charge is 0.243 e. The standard InChI is InChI=1S/C23H38N6O3.HI/c1-27(2)22(30)17-25-23(24-9-11-28-12-14-32-15-13-28)26-19-6-5-10-29(18-19)20-7-4-8-21(16-20)31-3;/h4,7-8,16,19H,5-6,9-15,17-18H2,1-3H3,(H2,24,25,26);1H. The maximum atomic E-state index is 12.1. The van der Waals surface area contributed by atoms with Crippen LogP contribution in [0.4, 0.5) is 5.69 Å². The van der Waals surface area contributed by atoms with Crippen LogP contribution in [0.2, 0.25) is 0 Å². The molecule has 2 aliphatic heterocycles. The second-order valence-electron chi connectivity index (χ2n) is 8.46. The molecular formula is C23H39IN6O3. The summed E-state index contributed by atoms with van der Waals surface area (Å²) in [4.78, 5) is 23.0. The summed E-state index contributed by atoms with van der Waals surface area (Å²) in [5, 5.41) is 7.00. The maximum Gasteiger partial charge on any atom is 0.243 e. The van der Waals surface area contributed by atoms with Crippen molar-refractivity contribution in [3.05, 3.63) is 24.3 Å². The number of piperidine rings is 1. The molecule has 0 radical (unpaired) electrons. The number of anilines is 1. The van der Waals surface area contributed by atoms with Crippen LogP contribution in [0.1, 0.15) is 12.8 Å². The third-order valence-corrected chi connectivity index (χ3v) is 5.88. The number of nitrogens with zero attached hydrogens (tertiary/aromatic N) is 4. The van der Waals surface area contributed by atoms with Gasteiger partial charge in [-0.25, -0.2) is 4.99 Å². The number of likely N-dealkylation sites (N-methyl/N-ethyl adjacent to an activating group) is 1. The van der Waals surface area contributed by atoms with Crippen molar-refractivity contribution in [2.45, 2.75) is 18.9 Å². The van der Waals surface area contributed by atoms with Gasteiger partial charge in [-0.1, -0.05) is 6.07 Å². The number of methoxy groups -OCH3 is 1. The van der Waals surface area contributed by atoms with Gasteiger partial charge in [-0.3, -0.25) is 9.69 Å². The second-order valence-corrected chi connectivity index (χ2v) is 8.46. The van der Waals surface area contributed by atoms with E-state index in [9.17, 15) is 4.79 Å². The van der Waals surface area contributed by atoms with Crippen LogP contribution in [-0.2, 0) is 9.53 Å². The first kappa shape index (κ1) is 27.5. The van der Waals surface area contributed by atoms with Crippen molar-refractivity contribution in [2.75, 3.05) is 85.1 Å². The summed E-state index contributed by atoms with van der Waals surface area (Å²) in [6.45, 7) is 7.21. The molecule has 2 N–H and O–H groups in total. The molecule has 1 atom stereocenters. The normalized spacial score (nSPS) is 19.4. The highest BCUT2D eigenvalue weighted by Gasteiger charge is 2.22. The van der Waals surface area contributed by atoms with Gasteiger partial charge in [0.05, 0.1) is 20.3 Å². The van der Waals surface area contributed by atoms with E-state index in [-0.39, 0.29) is 42.5 Å². The third kappa shape index (κ3) is 9.17. The first-order chi connectivity index (χ1) is 15.5. The Morgan fingerprint density at radius 3 is 2.79 bits per heavy atom. The van der Waals surface area contributed by atoms with Gasteiger partial charge in [0.15, 0.2) is 5.96 Å². The van der Waals surface area contributed by atoms with Gasteiger partial charge in [-0.2, -0.15) is 0 Å². The number of carbonyl (C=O) groups excluding carboxylic acids is 1. The van der Waals surface area contributed by atoms with Gasteiger partial charge in [-0.05, 0) is 25.0 Å². The monoisotopic (exact) mass is 574 g/mol. The average Bonchev–Trinajstić information content (AvgIpc) is 2.83. The molecule has 33 heavy (non-hydrogen) atoms. The van der Waals surface area contributed by atoms with E-state index in [4.69, 9.17) is 9.47 Å². The summed E-state index contributed by atoms with van der Waals surface area (Å²) < 4.78 is 10.8. The van der Waals surface area contributed by atoms with Crippen molar-refractivity contribution in [1.82, 2.24) is 20.4 Å². The lowest BCUT2D eigenvalue weighted by Gasteiger charge is -2.35. The molecule has 9 nitrogen and oxygen atoms in total. The van der Waals surface area contributed by atoms with E-state index in [2.05, 4.69) is 37.6 Å². The average molecular weight is 575 g/mol. The number of aliphatic imine (C=N–C) groups is 1. The van der Waals surface area contributed by atoms with Gasteiger partial charge < -0.3 is 29.9 Å². The first-order valence-corrected chi connectivity index (χ1v) is 11.5. The van der Waals surface area contributed by atoms with Crippen molar-refractivity contribution in [3.8, 4) is 5.75 Å². The van der Waals surface area contributed by atoms with E-state index in [1.54, 1.807) is 26.1 Å². The van der Waals surface area contributed by atoms with Crippen molar-refractivity contribution < 1.29 is 14.3 Å². The van der Waals surface area contributed by atoms with Gasteiger partial charge >= 0.3 is 0 Å². The molecule has 1 unspecified atom stereocenters. The van der Waals surface area contributed by atoms with Crippen LogP contribution < -0.4 is 20.3 Å². The van der Waals surface area contributed by atoms with E-state index in [0.717, 1.165) is 76.8 Å². The zero-order chi connectivity index (χ0) is 22.8. The molecular weight excluding hydrogens is 535 g/mol. The summed E-state index contributed by atoms with van der Waals surface area (Å²) in [7, 11) is 5.20. The summed E-state index contributed by atoms with van der Waals surface area (Å²) in [5.41, 5.74) is 1.16. The Kier molecular flexibility index (Phi) is 12.0. The first-order valence-electron chi connectivity index (χ1n) is 11.5. The van der Waals surface area contributed by atoms with E-state index in [1.807, 2.05) is 12.1 Å². The van der Waals surface area contributed by atoms with Crippen molar-refractivity contribution in [3.63, 3.8) is 0 Å². The highest BCUT2D eigenvalue weighted by atomic mass is 127. The van der Waals surface area contributed by atoms with E-state index in [1.165, 1.54) is 0 Å². The van der Waals surface area contributed by atoms with Crippen LogP contribution in [0.5, 0.6) is 5.75 Å². The number of hydrogen-bond acceptors (Lipinski definition) is 6. The number of nitrogens with one attached hydrogen (secondary N) is 2. The minimum atomic E-state index is -0.0130. The Hall–Kier alpha value is -1.79. The number of carbonyl (C=O) groups is 1. The predicted octanol–water partition coefficient (Wildman–Crippen LogP) is 1.24. The summed E-state index contributed by atoms with van der Waals surface area (Å²) in [6, 6.07) is 8.44. The molecule has 1 amide bonds. The van der Waals surface area contributed by atoms with E-state index >= 15 is 0 Å². The van der Waals surface area contributed by atoms with Crippen LogP contribution in [-0.4, -0.2) is 108 Å². The van der Waals surface area contributed by atoms with E-state index in [0.29, 0.717) is 5.96 Å². The van der Waals surface area contributed by atoms with Crippen LogP contribution in [0.15, 0.2) is 29.3 Å². The number of rotatable bonds is 8. The van der Waals surface area contributed by atoms with Crippen molar-refractivity contribution in [1.29, 1.82) is 0 Å². The number of guanidine groups is 1. The molecule has 186 valence electrons. The quantitative estimate of drug-likeness (QED) is 0.275. The number of morpholine rings is 1. The SMILES string of the molecule is COc1cccc(N2CCCC(NC(=NCC(=O)N(C)C)NCCN3CCOCC3)C2)c1.I. The lowest BCUT2D eigenvalue weighted by atomic mass is 10.0. The fraction of sp³-hybridized carbons (Fsp3) is 0.652. The molecule has 2 heterocycles.